The molecule has 1 aromatic carbocycles. The zero-order chi connectivity index (χ0) is 8.97. The Bertz CT molecular complexity index is 356. The summed E-state index contributed by atoms with van der Waals surface area (Å²) in [5, 5.41) is 19.7. The van der Waals surface area contributed by atoms with Gasteiger partial charge in [-0.05, 0) is 17.7 Å². The Balaban J connectivity index is 3.14. The maximum absolute atomic E-state index is 10.9. The molecule has 0 spiro atoms. The quantitative estimate of drug-likeness (QED) is 0.347. The lowest BCUT2D eigenvalue weighted by molar-refractivity contribution is -0.241. The van der Waals surface area contributed by atoms with Gasteiger partial charge >= 0.3 is 5.87 Å². The van der Waals surface area contributed by atoms with Crippen molar-refractivity contribution in [2.75, 3.05) is 0 Å². The number of rotatable bonds is 1. The van der Waals surface area contributed by atoms with Crippen LogP contribution in [0.2, 0.25) is 0 Å². The van der Waals surface area contributed by atoms with Crippen molar-refractivity contribution in [3.63, 3.8) is 0 Å². The van der Waals surface area contributed by atoms with Crippen LogP contribution in [-0.4, -0.2) is 11.0 Å². The van der Waals surface area contributed by atoms with E-state index >= 15 is 0 Å². The second-order valence-corrected chi connectivity index (χ2v) is 2.08. The van der Waals surface area contributed by atoms with E-state index in [9.17, 15) is 10.0 Å². The number of aromatic hydroxyl groups is 1. The van der Waals surface area contributed by atoms with Gasteiger partial charge in [-0.25, -0.2) is 0 Å². The highest BCUT2D eigenvalue weighted by Gasteiger charge is 1.93. The Morgan fingerprint density at radius 3 is 2.50 bits per heavy atom. The standard InChI is InChI=1S/C8H5NO3/c10-7-3-1-6(2-4-7)8(11)5-9-12/h1-4H,(H-,10,11,12). The molecule has 0 heterocycles. The highest BCUT2D eigenvalue weighted by Crippen LogP contribution is 2.11. The molecule has 0 aliphatic heterocycles. The molecule has 0 unspecified atom stereocenters. The van der Waals surface area contributed by atoms with Gasteiger partial charge in [0, 0.05) is 5.76 Å². The van der Waals surface area contributed by atoms with Gasteiger partial charge in [-0.15, -0.1) is 0 Å². The van der Waals surface area contributed by atoms with Crippen molar-refractivity contribution in [2.45, 2.75) is 0 Å². The zero-order valence-corrected chi connectivity index (χ0v) is 6.02. The molecule has 0 fully saturated rings. The van der Waals surface area contributed by atoms with Crippen molar-refractivity contribution >= 4 is 11.6 Å². The Morgan fingerprint density at radius 2 is 2.00 bits per heavy atom. The molecule has 1 aromatic rings. The highest BCUT2D eigenvalue weighted by atomic mass is 16.3. The van der Waals surface area contributed by atoms with E-state index in [4.69, 9.17) is 5.11 Å². The van der Waals surface area contributed by atoms with E-state index in [2.05, 4.69) is 4.85 Å². The predicted octanol–water partition coefficient (Wildman–Crippen LogP) is -0.403. The van der Waals surface area contributed by atoms with E-state index < -0.39 is 5.76 Å². The second kappa shape index (κ2) is 3.39. The maximum Gasteiger partial charge on any atom is 0.377 e. The third-order valence-corrected chi connectivity index (χ3v) is 1.28. The number of hydrogen-bond acceptors (Lipinski definition) is 3. The zero-order valence-electron chi connectivity index (χ0n) is 6.02. The summed E-state index contributed by atoms with van der Waals surface area (Å²) >= 11 is 0. The maximum atomic E-state index is 10.9. The van der Waals surface area contributed by atoms with Gasteiger partial charge in [0.1, 0.15) is 5.75 Å². The minimum Gasteiger partial charge on any atom is -0.861 e. The van der Waals surface area contributed by atoms with E-state index in [-0.39, 0.29) is 11.3 Å². The van der Waals surface area contributed by atoms with Crippen LogP contribution < -0.4 is 9.96 Å². The second-order valence-electron chi connectivity index (χ2n) is 2.08. The molecule has 12 heavy (non-hydrogen) atoms. The van der Waals surface area contributed by atoms with Crippen LogP contribution in [0, 0.1) is 4.91 Å². The number of hydrogen-bond donors (Lipinski definition) is 1. The van der Waals surface area contributed by atoms with Crippen LogP contribution in [-0.2, 0) is 0 Å². The SMILES string of the molecule is O=[N+]=C=C([O-])c1ccc(O)cc1. The fraction of sp³-hybridized carbons (Fsp3) is 0. The molecule has 4 nitrogen and oxygen atoms in total. The minimum absolute atomic E-state index is 0.0608. The average molecular weight is 163 g/mol. The van der Waals surface area contributed by atoms with Crippen LogP contribution in [0.3, 0.4) is 0 Å². The molecule has 0 radical (unpaired) electrons. The smallest absolute Gasteiger partial charge is 0.377 e. The summed E-state index contributed by atoms with van der Waals surface area (Å²) in [5.74, 6) is 1.20. The molecule has 1 rings (SSSR count). The first-order chi connectivity index (χ1) is 5.74. The first-order valence-corrected chi connectivity index (χ1v) is 3.16. The van der Waals surface area contributed by atoms with E-state index in [0.717, 1.165) is 0 Å². The molecule has 0 aliphatic carbocycles. The highest BCUT2D eigenvalue weighted by molar-refractivity contribution is 5.82. The van der Waals surface area contributed by atoms with Gasteiger partial charge in [0.15, 0.2) is 4.91 Å². The minimum atomic E-state index is -0.593. The van der Waals surface area contributed by atoms with Gasteiger partial charge in [-0.3, -0.25) is 0 Å². The number of nitrogens with zero attached hydrogens (tertiary/aromatic N) is 1. The lowest BCUT2D eigenvalue weighted by atomic mass is 10.2. The van der Waals surface area contributed by atoms with E-state index in [1.165, 1.54) is 24.3 Å². The lowest BCUT2D eigenvalue weighted by Gasteiger charge is -2.02. The molecule has 0 bridgehead atoms. The summed E-state index contributed by atoms with van der Waals surface area (Å²) in [6.45, 7) is 0. The summed E-state index contributed by atoms with van der Waals surface area (Å²) in [6.07, 6.45) is 0. The van der Waals surface area contributed by atoms with Crippen molar-refractivity contribution < 1.29 is 10.2 Å². The molecule has 0 amide bonds. The molecule has 60 valence electrons. The molecule has 1 N–H and O–H groups in total. The van der Waals surface area contributed by atoms with Crippen molar-refractivity contribution in [3.8, 4) is 5.75 Å². The van der Waals surface area contributed by atoms with Gasteiger partial charge in [-0.1, -0.05) is 12.1 Å². The Hall–Kier alpha value is -2.02. The molecule has 0 saturated carbocycles. The number of benzene rings is 1. The summed E-state index contributed by atoms with van der Waals surface area (Å²) in [6, 6.07) is 5.46. The fourth-order valence-electron chi connectivity index (χ4n) is 0.719. The number of phenolic OH excluding ortho intramolecular Hbond substituents is 1. The largest absolute Gasteiger partial charge is 0.861 e. The monoisotopic (exact) mass is 163 g/mol. The Labute approximate surface area is 68.1 Å². The van der Waals surface area contributed by atoms with Crippen molar-refractivity contribution in [3.05, 3.63) is 34.7 Å². The third-order valence-electron chi connectivity index (χ3n) is 1.28. The van der Waals surface area contributed by atoms with Crippen LogP contribution in [0.1, 0.15) is 5.56 Å². The number of nitroso groups, excluding NO2 is 1. The molecule has 0 aromatic heterocycles. The van der Waals surface area contributed by atoms with Crippen LogP contribution in [0.15, 0.2) is 24.3 Å². The van der Waals surface area contributed by atoms with E-state index in [1.807, 2.05) is 0 Å². The van der Waals surface area contributed by atoms with Crippen LogP contribution in [0.4, 0.5) is 0 Å². The van der Waals surface area contributed by atoms with E-state index in [1.54, 1.807) is 5.87 Å². The van der Waals surface area contributed by atoms with Crippen LogP contribution >= 0.6 is 0 Å². The van der Waals surface area contributed by atoms with Gasteiger partial charge in [0.05, 0.1) is 0 Å². The first kappa shape index (κ1) is 8.08. The van der Waals surface area contributed by atoms with E-state index in [0.29, 0.717) is 0 Å². The normalized spacial score (nSPS) is 8.33. The topological polar surface area (TPSA) is 74.5 Å². The van der Waals surface area contributed by atoms with Gasteiger partial charge in [0.2, 0.25) is 0 Å². The first-order valence-electron chi connectivity index (χ1n) is 3.16. The molecule has 0 saturated heterocycles. The van der Waals surface area contributed by atoms with Gasteiger partial charge < -0.3 is 10.2 Å². The third kappa shape index (κ3) is 1.73. The molecule has 4 heteroatoms. The molecular weight excluding hydrogens is 158 g/mol. The van der Waals surface area contributed by atoms with Crippen molar-refractivity contribution in [1.29, 1.82) is 0 Å². The summed E-state index contributed by atoms with van der Waals surface area (Å²) in [7, 11) is 0. The van der Waals surface area contributed by atoms with Crippen LogP contribution in [0.25, 0.3) is 5.76 Å². The molecular formula is C8H5NO3. The molecule has 0 aliphatic rings. The predicted molar refractivity (Wildman–Crippen MR) is 42.0 cm³/mol. The molecule has 0 atom stereocenters. The number of phenols is 1. The fourth-order valence-corrected chi connectivity index (χ4v) is 0.719. The lowest BCUT2D eigenvalue weighted by Crippen LogP contribution is -2.02. The van der Waals surface area contributed by atoms with Gasteiger partial charge in [-0.2, -0.15) is 0 Å². The van der Waals surface area contributed by atoms with Crippen LogP contribution in [0.5, 0.6) is 5.75 Å². The Morgan fingerprint density at radius 1 is 1.42 bits per heavy atom. The average Bonchev–Trinajstić information content (AvgIpc) is 2.06. The summed E-state index contributed by atoms with van der Waals surface area (Å²) in [5.41, 5.74) is 0.271. The Kier molecular flexibility index (Phi) is 2.29. The summed E-state index contributed by atoms with van der Waals surface area (Å²) < 4.78 is 0. The summed E-state index contributed by atoms with van der Waals surface area (Å²) in [4.78, 5) is 11.8. The van der Waals surface area contributed by atoms with Crippen molar-refractivity contribution in [2.24, 2.45) is 0 Å². The van der Waals surface area contributed by atoms with Crippen molar-refractivity contribution in [1.82, 2.24) is 4.85 Å². The van der Waals surface area contributed by atoms with Gasteiger partial charge in [0.25, 0.3) is 4.85 Å².